The number of imidazole rings is 1. The Morgan fingerprint density at radius 2 is 2.35 bits per heavy atom. The summed E-state index contributed by atoms with van der Waals surface area (Å²) in [5.74, 6) is 0.943. The van der Waals surface area contributed by atoms with E-state index in [9.17, 15) is 10.1 Å². The first-order valence-electron chi connectivity index (χ1n) is 5.09. The molecule has 0 aromatic carbocycles. The van der Waals surface area contributed by atoms with E-state index >= 15 is 0 Å². The van der Waals surface area contributed by atoms with E-state index in [-0.39, 0.29) is 5.69 Å². The van der Waals surface area contributed by atoms with Crippen molar-refractivity contribution in [1.29, 1.82) is 0 Å². The van der Waals surface area contributed by atoms with Crippen molar-refractivity contribution in [3.8, 4) is 5.82 Å². The summed E-state index contributed by atoms with van der Waals surface area (Å²) in [6.45, 7) is 2.55. The number of aromatic nitrogens is 3. The number of anilines is 1. The highest BCUT2D eigenvalue weighted by atomic mass is 16.6. The molecule has 2 rings (SSSR count). The molecule has 0 saturated heterocycles. The molecule has 0 aliphatic carbocycles. The zero-order valence-electron chi connectivity index (χ0n) is 9.20. The summed E-state index contributed by atoms with van der Waals surface area (Å²) in [7, 11) is 0. The third-order valence-corrected chi connectivity index (χ3v) is 2.13. The molecule has 0 fully saturated rings. The van der Waals surface area contributed by atoms with Crippen LogP contribution in [-0.2, 0) is 0 Å². The summed E-state index contributed by atoms with van der Waals surface area (Å²) >= 11 is 0. The maximum Gasteiger partial charge on any atom is 0.276 e. The lowest BCUT2D eigenvalue weighted by Crippen LogP contribution is -2.04. The fraction of sp³-hybridized carbons (Fsp3) is 0.200. The monoisotopic (exact) mass is 233 g/mol. The number of pyridine rings is 1. The largest absolute Gasteiger partial charge is 0.370 e. The van der Waals surface area contributed by atoms with Gasteiger partial charge in [-0.25, -0.2) is 9.97 Å². The first-order valence-corrected chi connectivity index (χ1v) is 5.09. The number of nitrogens with one attached hydrogen (secondary N) is 1. The maximum absolute atomic E-state index is 10.8. The highest BCUT2D eigenvalue weighted by molar-refractivity contribution is 5.50. The van der Waals surface area contributed by atoms with E-state index in [1.807, 2.05) is 6.92 Å². The highest BCUT2D eigenvalue weighted by Gasteiger charge is 2.11. The average molecular weight is 233 g/mol. The Bertz CT molecular complexity index is 523. The third-order valence-electron chi connectivity index (χ3n) is 2.13. The zero-order chi connectivity index (χ0) is 12.3. The second-order valence-electron chi connectivity index (χ2n) is 3.33. The van der Waals surface area contributed by atoms with Crippen LogP contribution in [0.25, 0.3) is 5.82 Å². The van der Waals surface area contributed by atoms with Crippen molar-refractivity contribution in [2.24, 2.45) is 0 Å². The Hall–Kier alpha value is -2.44. The average Bonchev–Trinajstić information content (AvgIpc) is 2.82. The third kappa shape index (κ3) is 2.39. The molecule has 0 amide bonds. The summed E-state index contributed by atoms with van der Waals surface area (Å²) < 4.78 is 1.62. The zero-order valence-corrected chi connectivity index (χ0v) is 9.20. The van der Waals surface area contributed by atoms with Crippen molar-refractivity contribution in [1.82, 2.24) is 14.5 Å². The predicted molar refractivity (Wildman–Crippen MR) is 62.2 cm³/mol. The molecule has 0 unspecified atom stereocenters. The number of nitro groups is 1. The minimum atomic E-state index is -0.442. The van der Waals surface area contributed by atoms with Crippen LogP contribution in [0.2, 0.25) is 0 Å². The van der Waals surface area contributed by atoms with Crippen LogP contribution in [0.3, 0.4) is 0 Å². The lowest BCUT2D eigenvalue weighted by Gasteiger charge is -2.06. The van der Waals surface area contributed by atoms with Crippen LogP contribution in [0.1, 0.15) is 6.92 Å². The van der Waals surface area contributed by atoms with E-state index in [1.165, 1.54) is 12.1 Å². The lowest BCUT2D eigenvalue weighted by atomic mass is 10.3. The Morgan fingerprint density at radius 1 is 1.53 bits per heavy atom. The molecule has 0 atom stereocenters. The molecule has 0 saturated carbocycles. The molecule has 0 aliphatic heterocycles. The van der Waals surface area contributed by atoms with E-state index < -0.39 is 4.92 Å². The van der Waals surface area contributed by atoms with Crippen LogP contribution < -0.4 is 5.32 Å². The fourth-order valence-electron chi connectivity index (χ4n) is 1.41. The molecule has 1 N–H and O–H groups in total. The van der Waals surface area contributed by atoms with E-state index in [0.29, 0.717) is 18.2 Å². The topological polar surface area (TPSA) is 85.9 Å². The minimum absolute atomic E-state index is 0.000324. The Labute approximate surface area is 97.3 Å². The van der Waals surface area contributed by atoms with E-state index in [4.69, 9.17) is 0 Å². The van der Waals surface area contributed by atoms with Crippen LogP contribution in [0.4, 0.5) is 11.5 Å². The van der Waals surface area contributed by atoms with Gasteiger partial charge in [-0.05, 0) is 6.92 Å². The van der Waals surface area contributed by atoms with Crippen molar-refractivity contribution in [3.05, 3.63) is 41.0 Å². The van der Waals surface area contributed by atoms with Gasteiger partial charge in [-0.2, -0.15) is 0 Å². The lowest BCUT2D eigenvalue weighted by molar-refractivity contribution is -0.384. The molecule has 7 heteroatoms. The van der Waals surface area contributed by atoms with Gasteiger partial charge in [0.05, 0.1) is 17.1 Å². The van der Waals surface area contributed by atoms with Crippen LogP contribution >= 0.6 is 0 Å². The van der Waals surface area contributed by atoms with Crippen LogP contribution in [0.5, 0.6) is 0 Å². The second kappa shape index (κ2) is 4.60. The number of hydrogen-bond donors (Lipinski definition) is 1. The van der Waals surface area contributed by atoms with Gasteiger partial charge in [-0.15, -0.1) is 0 Å². The summed E-state index contributed by atoms with van der Waals surface area (Å²) in [6, 6.07) is 2.81. The van der Waals surface area contributed by atoms with Crippen LogP contribution in [0, 0.1) is 10.1 Å². The smallest absolute Gasteiger partial charge is 0.276 e. The molecule has 7 nitrogen and oxygen atoms in total. The summed E-state index contributed by atoms with van der Waals surface area (Å²) in [5.41, 5.74) is -0.000324. The molecule has 0 aliphatic rings. The molecule has 2 aromatic heterocycles. The molecule has 2 aromatic rings. The molecular weight excluding hydrogens is 222 g/mol. The molecule has 2 heterocycles. The van der Waals surface area contributed by atoms with E-state index in [2.05, 4.69) is 15.3 Å². The quantitative estimate of drug-likeness (QED) is 0.640. The normalized spacial score (nSPS) is 10.2. The fourth-order valence-corrected chi connectivity index (χ4v) is 1.41. The van der Waals surface area contributed by atoms with Gasteiger partial charge >= 0.3 is 0 Å². The number of rotatable bonds is 4. The van der Waals surface area contributed by atoms with E-state index in [0.717, 1.165) is 0 Å². The van der Waals surface area contributed by atoms with Gasteiger partial charge in [-0.1, -0.05) is 0 Å². The van der Waals surface area contributed by atoms with Crippen molar-refractivity contribution in [3.63, 3.8) is 0 Å². The van der Waals surface area contributed by atoms with Gasteiger partial charge in [0.1, 0.15) is 18.0 Å². The highest BCUT2D eigenvalue weighted by Crippen LogP contribution is 2.19. The van der Waals surface area contributed by atoms with Gasteiger partial charge < -0.3 is 5.32 Å². The van der Waals surface area contributed by atoms with E-state index in [1.54, 1.807) is 23.3 Å². The summed E-state index contributed by atoms with van der Waals surface area (Å²) in [4.78, 5) is 18.5. The molecule has 0 radical (unpaired) electrons. The molecule has 88 valence electrons. The summed E-state index contributed by atoms with van der Waals surface area (Å²) in [6.07, 6.45) is 4.82. The first-order chi connectivity index (χ1) is 8.20. The maximum atomic E-state index is 10.8. The van der Waals surface area contributed by atoms with Crippen molar-refractivity contribution in [2.75, 3.05) is 11.9 Å². The Balaban J connectivity index is 2.48. The molecule has 0 bridgehead atoms. The number of nitrogens with zero attached hydrogens (tertiary/aromatic N) is 4. The second-order valence-corrected chi connectivity index (χ2v) is 3.33. The van der Waals surface area contributed by atoms with Gasteiger partial charge in [0.25, 0.3) is 5.69 Å². The Morgan fingerprint density at radius 3 is 2.94 bits per heavy atom. The number of hydrogen-bond acceptors (Lipinski definition) is 5. The van der Waals surface area contributed by atoms with Crippen molar-refractivity contribution < 1.29 is 4.92 Å². The molecule has 17 heavy (non-hydrogen) atoms. The first kappa shape index (κ1) is 11.1. The predicted octanol–water partition coefficient (Wildman–Crippen LogP) is 1.61. The molecular formula is C10H11N5O2. The minimum Gasteiger partial charge on any atom is -0.370 e. The van der Waals surface area contributed by atoms with Crippen molar-refractivity contribution in [2.45, 2.75) is 6.92 Å². The van der Waals surface area contributed by atoms with Gasteiger partial charge in [0, 0.05) is 18.9 Å². The van der Waals surface area contributed by atoms with Crippen LogP contribution in [0.15, 0.2) is 30.9 Å². The van der Waals surface area contributed by atoms with Gasteiger partial charge in [0.15, 0.2) is 0 Å². The molecule has 0 spiro atoms. The van der Waals surface area contributed by atoms with Gasteiger partial charge in [0.2, 0.25) is 0 Å². The SMILES string of the molecule is CCNc1cc([N+](=O)[O-])cc(-n2ccnc2)n1. The van der Waals surface area contributed by atoms with Gasteiger partial charge in [-0.3, -0.25) is 14.7 Å². The Kier molecular flexibility index (Phi) is 2.99. The van der Waals surface area contributed by atoms with Crippen LogP contribution in [-0.4, -0.2) is 26.0 Å². The standard InChI is InChI=1S/C10H11N5O2/c1-2-12-9-5-8(15(16)17)6-10(13-9)14-4-3-11-7-14/h3-7H,2H2,1H3,(H,12,13). The van der Waals surface area contributed by atoms with Crippen molar-refractivity contribution >= 4 is 11.5 Å². The summed E-state index contributed by atoms with van der Waals surface area (Å²) in [5, 5.41) is 13.8.